The van der Waals surface area contributed by atoms with Crippen molar-refractivity contribution in [2.24, 2.45) is 0 Å². The second-order valence-electron chi connectivity index (χ2n) is 4.71. The molecule has 2 aromatic rings. The molecule has 106 valence electrons. The first-order chi connectivity index (χ1) is 9.67. The van der Waals surface area contributed by atoms with E-state index in [1.165, 1.54) is 5.56 Å². The summed E-state index contributed by atoms with van der Waals surface area (Å²) in [5.74, 6) is 1.43. The summed E-state index contributed by atoms with van der Waals surface area (Å²) in [5, 5.41) is 3.32. The predicted molar refractivity (Wildman–Crippen MR) is 79.2 cm³/mol. The van der Waals surface area contributed by atoms with Gasteiger partial charge >= 0.3 is 0 Å². The molecule has 3 N–H and O–H groups in total. The summed E-state index contributed by atoms with van der Waals surface area (Å²) in [4.78, 5) is 16.4. The molecule has 2 aromatic heterocycles. The summed E-state index contributed by atoms with van der Waals surface area (Å²) in [5.41, 5.74) is 6.92. The van der Waals surface area contributed by atoms with Crippen LogP contribution in [0.2, 0.25) is 0 Å². The number of nitrogens with two attached hydrogens (primary N) is 1. The number of anilines is 2. The molecule has 2 rings (SSSR count). The molecule has 0 saturated heterocycles. The molecular weight excluding hydrogens is 252 g/mol. The third-order valence-electron chi connectivity index (χ3n) is 3.12. The quantitative estimate of drug-likeness (QED) is 0.835. The Balaban J connectivity index is 1.95. The molecule has 0 fully saturated rings. The second-order valence-corrected chi connectivity index (χ2v) is 4.71. The molecule has 6 heteroatoms. The van der Waals surface area contributed by atoms with Crippen LogP contribution in [0, 0.1) is 6.92 Å². The monoisotopic (exact) mass is 272 g/mol. The van der Waals surface area contributed by atoms with Crippen molar-refractivity contribution < 1.29 is 0 Å². The molecule has 1 unspecified atom stereocenters. The first-order valence-corrected chi connectivity index (χ1v) is 6.81. The Hall–Kier alpha value is -2.24. The largest absolute Gasteiger partial charge is 0.368 e. The van der Waals surface area contributed by atoms with Crippen LogP contribution in [0.25, 0.3) is 0 Å². The van der Waals surface area contributed by atoms with Crippen LogP contribution >= 0.6 is 0 Å². The van der Waals surface area contributed by atoms with Crippen molar-refractivity contribution in [3.8, 4) is 0 Å². The van der Waals surface area contributed by atoms with Gasteiger partial charge in [0.1, 0.15) is 5.82 Å². The molecule has 0 aliphatic rings. The minimum Gasteiger partial charge on any atom is -0.368 e. The van der Waals surface area contributed by atoms with Crippen LogP contribution in [0.1, 0.15) is 31.2 Å². The smallest absolute Gasteiger partial charge is 0.227 e. The highest BCUT2D eigenvalue weighted by Crippen LogP contribution is 2.11. The lowest BCUT2D eigenvalue weighted by Gasteiger charge is -2.17. The van der Waals surface area contributed by atoms with Crippen molar-refractivity contribution in [1.82, 2.24) is 19.9 Å². The van der Waals surface area contributed by atoms with Gasteiger partial charge in [-0.15, -0.1) is 0 Å². The van der Waals surface area contributed by atoms with Gasteiger partial charge < -0.3 is 11.1 Å². The Morgan fingerprint density at radius 1 is 1.20 bits per heavy atom. The molecule has 6 nitrogen and oxygen atoms in total. The minimum absolute atomic E-state index is 0.254. The fraction of sp³-hybridized carbons (Fsp3) is 0.429. The highest BCUT2D eigenvalue weighted by molar-refractivity contribution is 5.31. The van der Waals surface area contributed by atoms with E-state index in [0.29, 0.717) is 17.8 Å². The topological polar surface area (TPSA) is 89.6 Å². The molecule has 0 radical (unpaired) electrons. The van der Waals surface area contributed by atoms with Gasteiger partial charge in [-0.2, -0.15) is 15.0 Å². The van der Waals surface area contributed by atoms with Gasteiger partial charge in [-0.05, 0) is 43.9 Å². The van der Waals surface area contributed by atoms with Gasteiger partial charge in [0.05, 0.1) is 0 Å². The number of rotatable bonds is 6. The number of aromatic nitrogens is 4. The van der Waals surface area contributed by atoms with Gasteiger partial charge in [-0.25, -0.2) is 0 Å². The van der Waals surface area contributed by atoms with Crippen molar-refractivity contribution in [2.45, 2.75) is 39.2 Å². The summed E-state index contributed by atoms with van der Waals surface area (Å²) in [6.07, 6.45) is 6.63. The summed E-state index contributed by atoms with van der Waals surface area (Å²) in [6.45, 7) is 3.95. The number of pyridine rings is 1. The maximum absolute atomic E-state index is 5.63. The number of hydrogen-bond donors (Lipinski definition) is 2. The van der Waals surface area contributed by atoms with Gasteiger partial charge in [0.25, 0.3) is 0 Å². The fourth-order valence-corrected chi connectivity index (χ4v) is 2.02. The molecule has 0 aliphatic heterocycles. The number of nitrogen functional groups attached to an aromatic ring is 1. The highest BCUT2D eigenvalue weighted by Gasteiger charge is 2.09. The lowest BCUT2D eigenvalue weighted by Crippen LogP contribution is -2.21. The zero-order valence-electron chi connectivity index (χ0n) is 11.9. The highest BCUT2D eigenvalue weighted by atomic mass is 15.2. The average molecular weight is 272 g/mol. The zero-order chi connectivity index (χ0) is 14.4. The SMILES string of the molecule is CCC(CCc1ccncc1)Nc1nc(C)nc(N)n1. The van der Waals surface area contributed by atoms with Crippen molar-refractivity contribution in [1.29, 1.82) is 0 Å². The summed E-state index contributed by atoms with van der Waals surface area (Å²) < 4.78 is 0. The first kappa shape index (κ1) is 14.2. The van der Waals surface area contributed by atoms with Gasteiger partial charge in [0.2, 0.25) is 11.9 Å². The third-order valence-corrected chi connectivity index (χ3v) is 3.12. The minimum atomic E-state index is 0.254. The number of hydrogen-bond acceptors (Lipinski definition) is 6. The fourth-order valence-electron chi connectivity index (χ4n) is 2.02. The third kappa shape index (κ3) is 4.15. The molecule has 0 saturated carbocycles. The molecule has 20 heavy (non-hydrogen) atoms. The Bertz CT molecular complexity index is 522. The van der Waals surface area contributed by atoms with Crippen LogP contribution in [0.3, 0.4) is 0 Å². The standard InChI is InChI=1S/C14H20N6/c1-3-12(5-4-11-6-8-16-9-7-11)19-14-18-10(2)17-13(15)20-14/h6-9,12H,3-5H2,1-2H3,(H3,15,17,18,19,20). The Morgan fingerprint density at radius 3 is 2.60 bits per heavy atom. The Morgan fingerprint density at radius 2 is 1.95 bits per heavy atom. The number of nitrogens with one attached hydrogen (secondary N) is 1. The maximum atomic E-state index is 5.63. The molecular formula is C14H20N6. The number of aryl methyl sites for hydroxylation is 2. The lowest BCUT2D eigenvalue weighted by molar-refractivity contribution is 0.626. The first-order valence-electron chi connectivity index (χ1n) is 6.81. The van der Waals surface area contributed by atoms with Crippen LogP contribution in [-0.2, 0) is 6.42 Å². The van der Waals surface area contributed by atoms with Gasteiger partial charge in [-0.1, -0.05) is 6.92 Å². The molecule has 1 atom stereocenters. The normalized spacial score (nSPS) is 12.1. The van der Waals surface area contributed by atoms with Crippen molar-refractivity contribution >= 4 is 11.9 Å². The van der Waals surface area contributed by atoms with E-state index in [9.17, 15) is 0 Å². The van der Waals surface area contributed by atoms with Crippen LogP contribution in [0.4, 0.5) is 11.9 Å². The predicted octanol–water partition coefficient (Wildman–Crippen LogP) is 1.98. The summed E-state index contributed by atoms with van der Waals surface area (Å²) in [6, 6.07) is 4.39. The second kappa shape index (κ2) is 6.79. The summed E-state index contributed by atoms with van der Waals surface area (Å²) in [7, 11) is 0. The van der Waals surface area contributed by atoms with E-state index < -0.39 is 0 Å². The Kier molecular flexibility index (Phi) is 4.81. The Labute approximate surface area is 118 Å². The van der Waals surface area contributed by atoms with Crippen molar-refractivity contribution in [2.75, 3.05) is 11.1 Å². The zero-order valence-corrected chi connectivity index (χ0v) is 11.9. The van der Waals surface area contributed by atoms with E-state index in [1.807, 2.05) is 24.5 Å². The van der Waals surface area contributed by atoms with Crippen molar-refractivity contribution in [3.05, 3.63) is 35.9 Å². The van der Waals surface area contributed by atoms with E-state index >= 15 is 0 Å². The van der Waals surface area contributed by atoms with Gasteiger partial charge in [-0.3, -0.25) is 4.98 Å². The number of nitrogens with zero attached hydrogens (tertiary/aromatic N) is 4. The molecule has 0 bridgehead atoms. The lowest BCUT2D eigenvalue weighted by atomic mass is 10.0. The van der Waals surface area contributed by atoms with E-state index in [2.05, 4.69) is 32.2 Å². The van der Waals surface area contributed by atoms with E-state index in [-0.39, 0.29) is 5.95 Å². The summed E-state index contributed by atoms with van der Waals surface area (Å²) >= 11 is 0. The van der Waals surface area contributed by atoms with Gasteiger partial charge in [0, 0.05) is 18.4 Å². The molecule has 0 aliphatic carbocycles. The molecule has 0 aromatic carbocycles. The average Bonchev–Trinajstić information content (AvgIpc) is 2.43. The maximum Gasteiger partial charge on any atom is 0.227 e. The van der Waals surface area contributed by atoms with Gasteiger partial charge in [0.15, 0.2) is 0 Å². The van der Waals surface area contributed by atoms with E-state index in [1.54, 1.807) is 6.92 Å². The molecule has 0 spiro atoms. The van der Waals surface area contributed by atoms with Crippen LogP contribution in [0.15, 0.2) is 24.5 Å². The van der Waals surface area contributed by atoms with E-state index in [4.69, 9.17) is 5.73 Å². The van der Waals surface area contributed by atoms with Crippen LogP contribution in [0.5, 0.6) is 0 Å². The van der Waals surface area contributed by atoms with Crippen molar-refractivity contribution in [3.63, 3.8) is 0 Å². The van der Waals surface area contributed by atoms with E-state index in [0.717, 1.165) is 19.3 Å². The van der Waals surface area contributed by atoms with Crippen LogP contribution < -0.4 is 11.1 Å². The molecule has 2 heterocycles. The molecule has 0 amide bonds. The van der Waals surface area contributed by atoms with Crippen LogP contribution in [-0.4, -0.2) is 26.0 Å².